The van der Waals surface area contributed by atoms with Crippen molar-refractivity contribution >= 4 is 22.4 Å². The largest absolute Gasteiger partial charge is 0.303 e. The Morgan fingerprint density at radius 3 is 2.05 bits per heavy atom. The average molecular weight is 335 g/mol. The van der Waals surface area contributed by atoms with Crippen LogP contribution in [0.25, 0.3) is 0 Å². The van der Waals surface area contributed by atoms with Crippen molar-refractivity contribution in [3.8, 4) is 0 Å². The van der Waals surface area contributed by atoms with E-state index in [1.807, 2.05) is 12.1 Å². The Bertz CT molecular complexity index is 497. The molecule has 21 heavy (non-hydrogen) atoms. The fourth-order valence-electron chi connectivity index (χ4n) is 1.99. The summed E-state index contributed by atoms with van der Waals surface area (Å²) < 4.78 is 26.9. The minimum Gasteiger partial charge on any atom is -0.303 e. The fraction of sp³-hybridized carbons (Fsp3) is 0.600. The van der Waals surface area contributed by atoms with Gasteiger partial charge in [0.05, 0.1) is 4.90 Å². The van der Waals surface area contributed by atoms with Crippen molar-refractivity contribution in [2.75, 3.05) is 26.2 Å². The Hall–Kier alpha value is -0.620. The first-order valence-electron chi connectivity index (χ1n) is 7.22. The van der Waals surface area contributed by atoms with Gasteiger partial charge in [-0.15, -0.1) is 12.4 Å². The molecule has 1 N–H and O–H groups in total. The van der Waals surface area contributed by atoms with Crippen molar-refractivity contribution in [3.05, 3.63) is 29.8 Å². The van der Waals surface area contributed by atoms with E-state index in [-0.39, 0.29) is 12.4 Å². The minimum atomic E-state index is -3.39. The molecule has 0 amide bonds. The summed E-state index contributed by atoms with van der Waals surface area (Å²) in [4.78, 5) is 2.52. The highest BCUT2D eigenvalue weighted by Gasteiger charge is 2.14. The van der Waals surface area contributed by atoms with Gasteiger partial charge in [0.1, 0.15) is 0 Å². The van der Waals surface area contributed by atoms with Gasteiger partial charge in [-0.2, -0.15) is 0 Å². The topological polar surface area (TPSA) is 49.4 Å². The van der Waals surface area contributed by atoms with Gasteiger partial charge >= 0.3 is 0 Å². The number of nitrogens with zero attached hydrogens (tertiary/aromatic N) is 1. The van der Waals surface area contributed by atoms with Crippen molar-refractivity contribution in [1.29, 1.82) is 0 Å². The lowest BCUT2D eigenvalue weighted by atomic mass is 10.0. The first-order valence-corrected chi connectivity index (χ1v) is 8.71. The van der Waals surface area contributed by atoms with Crippen LogP contribution >= 0.6 is 12.4 Å². The van der Waals surface area contributed by atoms with Crippen LogP contribution in [-0.2, 0) is 10.0 Å². The van der Waals surface area contributed by atoms with Gasteiger partial charge in [0, 0.05) is 13.1 Å². The second kappa shape index (κ2) is 9.41. The molecule has 0 spiro atoms. The molecule has 0 aliphatic rings. The van der Waals surface area contributed by atoms with Gasteiger partial charge in [-0.05, 0) is 36.7 Å². The van der Waals surface area contributed by atoms with Crippen LogP contribution in [-0.4, -0.2) is 39.5 Å². The Labute approximate surface area is 135 Å². The number of hydrogen-bond donors (Lipinski definition) is 1. The van der Waals surface area contributed by atoms with E-state index in [1.165, 1.54) is 0 Å². The van der Waals surface area contributed by atoms with Gasteiger partial charge in [0.15, 0.2) is 0 Å². The number of nitrogens with one attached hydrogen (secondary N) is 1. The predicted molar refractivity (Wildman–Crippen MR) is 90.8 cm³/mol. The van der Waals surface area contributed by atoms with E-state index in [1.54, 1.807) is 12.1 Å². The minimum absolute atomic E-state index is 0. The zero-order valence-corrected chi connectivity index (χ0v) is 14.9. The second-order valence-corrected chi connectivity index (χ2v) is 6.92. The lowest BCUT2D eigenvalue weighted by Crippen LogP contribution is -2.34. The number of likely N-dealkylation sites (N-methyl/N-ethyl adjacent to an activating group) is 1. The number of benzene rings is 1. The van der Waals surface area contributed by atoms with Gasteiger partial charge in [0.2, 0.25) is 10.0 Å². The van der Waals surface area contributed by atoms with Crippen molar-refractivity contribution < 1.29 is 8.42 Å². The van der Waals surface area contributed by atoms with E-state index in [2.05, 4.69) is 37.3 Å². The van der Waals surface area contributed by atoms with Gasteiger partial charge in [0.25, 0.3) is 0 Å². The average Bonchev–Trinajstić information content (AvgIpc) is 2.43. The SMILES string of the molecule is CCN(CC)CCNS(=O)(=O)c1ccc(C(C)C)cc1.Cl. The molecule has 0 saturated heterocycles. The summed E-state index contributed by atoms with van der Waals surface area (Å²) in [5.41, 5.74) is 1.15. The van der Waals surface area contributed by atoms with E-state index in [9.17, 15) is 8.42 Å². The molecule has 0 atom stereocenters. The third-order valence-electron chi connectivity index (χ3n) is 3.47. The molecule has 122 valence electrons. The molecule has 0 heterocycles. The highest BCUT2D eigenvalue weighted by molar-refractivity contribution is 7.89. The molecule has 1 aromatic carbocycles. The molecule has 0 bridgehead atoms. The van der Waals surface area contributed by atoms with E-state index in [0.717, 1.165) is 25.2 Å². The zero-order chi connectivity index (χ0) is 15.2. The van der Waals surface area contributed by atoms with Gasteiger partial charge in [-0.3, -0.25) is 0 Å². The van der Waals surface area contributed by atoms with E-state index >= 15 is 0 Å². The van der Waals surface area contributed by atoms with E-state index in [0.29, 0.717) is 17.4 Å². The molecule has 0 saturated carbocycles. The van der Waals surface area contributed by atoms with Crippen LogP contribution in [0.2, 0.25) is 0 Å². The van der Waals surface area contributed by atoms with Gasteiger partial charge in [-0.25, -0.2) is 13.1 Å². The molecule has 0 radical (unpaired) electrons. The quantitative estimate of drug-likeness (QED) is 0.795. The molecule has 4 nitrogen and oxygen atoms in total. The lowest BCUT2D eigenvalue weighted by Gasteiger charge is -2.18. The predicted octanol–water partition coefficient (Wildman–Crippen LogP) is 2.85. The smallest absolute Gasteiger partial charge is 0.240 e. The first-order chi connectivity index (χ1) is 9.40. The maximum atomic E-state index is 12.1. The molecule has 1 aromatic rings. The Morgan fingerprint density at radius 2 is 1.62 bits per heavy atom. The van der Waals surface area contributed by atoms with Gasteiger partial charge < -0.3 is 4.90 Å². The molecule has 0 fully saturated rings. The first kappa shape index (κ1) is 20.4. The lowest BCUT2D eigenvalue weighted by molar-refractivity contribution is 0.309. The molecular weight excluding hydrogens is 308 g/mol. The molecule has 1 rings (SSSR count). The van der Waals surface area contributed by atoms with E-state index < -0.39 is 10.0 Å². The third kappa shape index (κ3) is 6.34. The number of rotatable bonds is 8. The van der Waals surface area contributed by atoms with Crippen LogP contribution in [0.4, 0.5) is 0 Å². The summed E-state index contributed by atoms with van der Waals surface area (Å²) in [6, 6.07) is 7.11. The standard InChI is InChI=1S/C15H26N2O2S.ClH/c1-5-17(6-2)12-11-16-20(18,19)15-9-7-14(8-10-15)13(3)4;/h7-10,13,16H,5-6,11-12H2,1-4H3;1H. The Balaban J connectivity index is 0.00000400. The fourth-order valence-corrected chi connectivity index (χ4v) is 3.01. The normalized spacial score (nSPS) is 11.7. The zero-order valence-electron chi connectivity index (χ0n) is 13.3. The van der Waals surface area contributed by atoms with Crippen molar-refractivity contribution in [2.24, 2.45) is 0 Å². The van der Waals surface area contributed by atoms with Crippen LogP contribution in [0.15, 0.2) is 29.2 Å². The third-order valence-corrected chi connectivity index (χ3v) is 4.95. The number of hydrogen-bond acceptors (Lipinski definition) is 3. The summed E-state index contributed by atoms with van der Waals surface area (Å²) in [5.74, 6) is 0.405. The number of halogens is 1. The van der Waals surface area contributed by atoms with Crippen LogP contribution in [0, 0.1) is 0 Å². The molecule has 6 heteroatoms. The molecule has 0 unspecified atom stereocenters. The van der Waals surface area contributed by atoms with E-state index in [4.69, 9.17) is 0 Å². The van der Waals surface area contributed by atoms with Crippen LogP contribution in [0.3, 0.4) is 0 Å². The van der Waals surface area contributed by atoms with Gasteiger partial charge in [-0.1, -0.05) is 39.8 Å². The molecule has 0 aliphatic carbocycles. The highest BCUT2D eigenvalue weighted by Crippen LogP contribution is 2.17. The summed E-state index contributed by atoms with van der Waals surface area (Å²) in [6.07, 6.45) is 0. The van der Waals surface area contributed by atoms with Crippen LogP contribution in [0.1, 0.15) is 39.2 Å². The maximum absolute atomic E-state index is 12.1. The maximum Gasteiger partial charge on any atom is 0.240 e. The molecule has 0 aliphatic heterocycles. The highest BCUT2D eigenvalue weighted by atomic mass is 35.5. The molecule has 0 aromatic heterocycles. The Morgan fingerprint density at radius 1 is 1.10 bits per heavy atom. The van der Waals surface area contributed by atoms with Crippen molar-refractivity contribution in [1.82, 2.24) is 9.62 Å². The second-order valence-electron chi connectivity index (χ2n) is 5.15. The van der Waals surface area contributed by atoms with Crippen molar-refractivity contribution in [2.45, 2.75) is 38.5 Å². The monoisotopic (exact) mass is 334 g/mol. The van der Waals surface area contributed by atoms with Crippen LogP contribution in [0.5, 0.6) is 0 Å². The summed E-state index contributed by atoms with van der Waals surface area (Å²) >= 11 is 0. The van der Waals surface area contributed by atoms with Crippen LogP contribution < -0.4 is 4.72 Å². The summed E-state index contributed by atoms with van der Waals surface area (Å²) in [5, 5.41) is 0. The summed E-state index contributed by atoms with van der Waals surface area (Å²) in [6.45, 7) is 11.4. The number of sulfonamides is 1. The summed E-state index contributed by atoms with van der Waals surface area (Å²) in [7, 11) is -3.39. The van der Waals surface area contributed by atoms with Crippen molar-refractivity contribution in [3.63, 3.8) is 0 Å². The molecular formula is C15H27ClN2O2S. The Kier molecular flexibility index (Phi) is 9.13.